The molecule has 4 heteroatoms. The van der Waals surface area contributed by atoms with Crippen LogP contribution in [0.5, 0.6) is 0 Å². The van der Waals surface area contributed by atoms with Gasteiger partial charge in [-0.1, -0.05) is 13.3 Å². The zero-order valence-electron chi connectivity index (χ0n) is 9.61. The summed E-state index contributed by atoms with van der Waals surface area (Å²) in [6.45, 7) is 4.42. The lowest BCUT2D eigenvalue weighted by molar-refractivity contribution is 0.223. The number of aliphatic hydroxyl groups excluding tert-OH is 1. The second-order valence-electron chi connectivity index (χ2n) is 3.93. The molecule has 0 fully saturated rings. The number of aliphatic hydroxyl groups is 1. The van der Waals surface area contributed by atoms with E-state index >= 15 is 0 Å². The summed E-state index contributed by atoms with van der Waals surface area (Å²) < 4.78 is 18.0. The highest BCUT2D eigenvalue weighted by Crippen LogP contribution is 2.58. The summed E-state index contributed by atoms with van der Waals surface area (Å²) in [6.07, 6.45) is 5.29. The van der Waals surface area contributed by atoms with Crippen LogP contribution in [0, 0.1) is 0 Å². The zero-order valence-corrected chi connectivity index (χ0v) is 10.5. The van der Waals surface area contributed by atoms with Crippen LogP contribution < -0.4 is 0 Å². The van der Waals surface area contributed by atoms with Crippen molar-refractivity contribution in [2.45, 2.75) is 45.6 Å². The Morgan fingerprint density at radius 3 is 2.80 bits per heavy atom. The van der Waals surface area contributed by atoms with Gasteiger partial charge in [-0.15, -0.1) is 0 Å². The Morgan fingerprint density at radius 2 is 2.33 bits per heavy atom. The summed E-state index contributed by atoms with van der Waals surface area (Å²) in [6, 6.07) is 0. The van der Waals surface area contributed by atoms with Gasteiger partial charge < -0.3 is 9.63 Å². The highest BCUT2D eigenvalue weighted by molar-refractivity contribution is 7.63. The van der Waals surface area contributed by atoms with E-state index in [2.05, 4.69) is 6.92 Å². The van der Waals surface area contributed by atoms with Gasteiger partial charge in [0.15, 0.2) is 0 Å². The van der Waals surface area contributed by atoms with Gasteiger partial charge in [0.25, 0.3) is 0 Å². The fourth-order valence-corrected chi connectivity index (χ4v) is 4.44. The lowest BCUT2D eigenvalue weighted by atomic mass is 10.3. The van der Waals surface area contributed by atoms with E-state index in [0.717, 1.165) is 24.6 Å². The highest BCUT2D eigenvalue weighted by Gasteiger charge is 2.31. The standard InChI is InChI=1S/C11H21O3P/c1-3-5-8-15(13,14-4-2)11-7-6-10(12)9-11/h9-10,12H,3-8H2,1-2H3/t10-,15?/m1/s1. The summed E-state index contributed by atoms with van der Waals surface area (Å²) in [5.41, 5.74) is 0. The normalized spacial score (nSPS) is 25.0. The molecule has 0 spiro atoms. The third-order valence-corrected chi connectivity index (χ3v) is 5.49. The van der Waals surface area contributed by atoms with Crippen LogP contribution in [0.1, 0.15) is 39.5 Å². The number of rotatable bonds is 6. The largest absolute Gasteiger partial charge is 0.389 e. The minimum atomic E-state index is -2.62. The molecule has 0 saturated carbocycles. The van der Waals surface area contributed by atoms with E-state index in [-0.39, 0.29) is 0 Å². The van der Waals surface area contributed by atoms with Gasteiger partial charge in [-0.3, -0.25) is 4.57 Å². The molecule has 0 aromatic rings. The predicted molar refractivity (Wildman–Crippen MR) is 62.3 cm³/mol. The van der Waals surface area contributed by atoms with Crippen molar-refractivity contribution >= 4 is 7.37 Å². The number of hydrogen-bond acceptors (Lipinski definition) is 3. The zero-order chi connectivity index (χ0) is 11.3. The minimum absolute atomic E-state index is 0.421. The maximum absolute atomic E-state index is 12.5. The molecule has 0 amide bonds. The van der Waals surface area contributed by atoms with Gasteiger partial charge in [0, 0.05) is 11.5 Å². The number of unbranched alkanes of at least 4 members (excludes halogenated alkanes) is 1. The lowest BCUT2D eigenvalue weighted by Crippen LogP contribution is -1.97. The number of allylic oxidation sites excluding steroid dienone is 1. The first-order valence-electron chi connectivity index (χ1n) is 5.75. The van der Waals surface area contributed by atoms with Crippen molar-refractivity contribution in [2.75, 3.05) is 12.8 Å². The third-order valence-electron chi connectivity index (χ3n) is 2.66. The molecule has 1 unspecified atom stereocenters. The van der Waals surface area contributed by atoms with Crippen molar-refractivity contribution in [3.05, 3.63) is 11.4 Å². The van der Waals surface area contributed by atoms with Gasteiger partial charge >= 0.3 is 0 Å². The van der Waals surface area contributed by atoms with Gasteiger partial charge in [0.05, 0.1) is 12.7 Å². The number of hydrogen-bond donors (Lipinski definition) is 1. The van der Waals surface area contributed by atoms with Crippen LogP contribution in [-0.2, 0) is 9.09 Å². The van der Waals surface area contributed by atoms with E-state index in [1.165, 1.54) is 0 Å². The third kappa shape index (κ3) is 3.44. The second kappa shape index (κ2) is 5.83. The van der Waals surface area contributed by atoms with Gasteiger partial charge in [0.1, 0.15) is 0 Å². The fourth-order valence-electron chi connectivity index (χ4n) is 1.83. The molecule has 0 aromatic carbocycles. The van der Waals surface area contributed by atoms with Crippen LogP contribution in [0.3, 0.4) is 0 Å². The van der Waals surface area contributed by atoms with Crippen molar-refractivity contribution in [2.24, 2.45) is 0 Å². The molecule has 0 heterocycles. The average Bonchev–Trinajstić information content (AvgIpc) is 2.63. The van der Waals surface area contributed by atoms with E-state index in [9.17, 15) is 9.67 Å². The Kier molecular flexibility index (Phi) is 5.04. The smallest absolute Gasteiger partial charge is 0.227 e. The summed E-state index contributed by atoms with van der Waals surface area (Å²) in [4.78, 5) is 0. The van der Waals surface area contributed by atoms with Crippen molar-refractivity contribution in [3.63, 3.8) is 0 Å². The van der Waals surface area contributed by atoms with Crippen LogP contribution in [-0.4, -0.2) is 24.0 Å². The van der Waals surface area contributed by atoms with Crippen LogP contribution in [0.25, 0.3) is 0 Å². The van der Waals surface area contributed by atoms with Crippen molar-refractivity contribution < 1.29 is 14.2 Å². The first-order chi connectivity index (χ1) is 7.12. The molecule has 1 N–H and O–H groups in total. The Labute approximate surface area is 92.0 Å². The van der Waals surface area contributed by atoms with E-state index < -0.39 is 13.5 Å². The SMILES string of the molecule is CCCCP(=O)(OCC)C1=C[C@H](O)CC1. The molecule has 1 aliphatic rings. The maximum Gasteiger partial charge on any atom is 0.227 e. The predicted octanol–water partition coefficient (Wildman–Crippen LogP) is 3.14. The van der Waals surface area contributed by atoms with E-state index in [0.29, 0.717) is 19.2 Å². The second-order valence-corrected chi connectivity index (χ2v) is 6.56. The lowest BCUT2D eigenvalue weighted by Gasteiger charge is -2.18. The fraction of sp³-hybridized carbons (Fsp3) is 0.818. The summed E-state index contributed by atoms with van der Waals surface area (Å²) in [5, 5.41) is 10.3. The molecule has 1 rings (SSSR count). The molecule has 0 saturated heterocycles. The highest BCUT2D eigenvalue weighted by atomic mass is 31.2. The molecule has 0 aromatic heterocycles. The minimum Gasteiger partial charge on any atom is -0.389 e. The van der Waals surface area contributed by atoms with Crippen molar-refractivity contribution in [1.29, 1.82) is 0 Å². The quantitative estimate of drug-likeness (QED) is 0.715. The van der Waals surface area contributed by atoms with Crippen molar-refractivity contribution in [1.82, 2.24) is 0 Å². The Morgan fingerprint density at radius 1 is 1.60 bits per heavy atom. The van der Waals surface area contributed by atoms with Crippen LogP contribution in [0.4, 0.5) is 0 Å². The molecule has 88 valence electrons. The molecule has 0 radical (unpaired) electrons. The van der Waals surface area contributed by atoms with Gasteiger partial charge in [-0.2, -0.15) is 0 Å². The average molecular weight is 232 g/mol. The molecular weight excluding hydrogens is 211 g/mol. The van der Waals surface area contributed by atoms with Gasteiger partial charge in [-0.05, 0) is 32.3 Å². The maximum atomic E-state index is 12.5. The molecule has 2 atom stereocenters. The summed E-state index contributed by atoms with van der Waals surface area (Å²) >= 11 is 0. The van der Waals surface area contributed by atoms with Gasteiger partial charge in [-0.25, -0.2) is 0 Å². The first-order valence-corrected chi connectivity index (χ1v) is 7.56. The monoisotopic (exact) mass is 232 g/mol. The molecule has 1 aliphatic carbocycles. The molecule has 3 nitrogen and oxygen atoms in total. The summed E-state index contributed by atoms with van der Waals surface area (Å²) in [5.74, 6) is 0. The molecule has 0 aliphatic heterocycles. The Balaban J connectivity index is 2.72. The van der Waals surface area contributed by atoms with Crippen molar-refractivity contribution in [3.8, 4) is 0 Å². The Bertz CT molecular complexity index is 273. The van der Waals surface area contributed by atoms with Crippen LogP contribution in [0.2, 0.25) is 0 Å². The van der Waals surface area contributed by atoms with E-state index in [4.69, 9.17) is 4.52 Å². The topological polar surface area (TPSA) is 46.5 Å². The van der Waals surface area contributed by atoms with Crippen LogP contribution in [0.15, 0.2) is 11.4 Å². The first kappa shape index (κ1) is 13.0. The van der Waals surface area contributed by atoms with E-state index in [1.807, 2.05) is 6.92 Å². The summed E-state index contributed by atoms with van der Waals surface area (Å²) in [7, 11) is -2.62. The molecule has 15 heavy (non-hydrogen) atoms. The van der Waals surface area contributed by atoms with Gasteiger partial charge in [0.2, 0.25) is 7.37 Å². The van der Waals surface area contributed by atoms with Crippen LogP contribution >= 0.6 is 7.37 Å². The Hall–Kier alpha value is -0.110. The molecular formula is C11H21O3P. The van der Waals surface area contributed by atoms with E-state index in [1.54, 1.807) is 6.08 Å². The molecule has 0 bridgehead atoms.